The molecule has 0 atom stereocenters. The Morgan fingerprint density at radius 2 is 1.59 bits per heavy atom. The van der Waals surface area contributed by atoms with Gasteiger partial charge in [0.05, 0.1) is 11.3 Å². The quantitative estimate of drug-likeness (QED) is 0.798. The molecular weight excluding hydrogens is 282 g/mol. The van der Waals surface area contributed by atoms with E-state index in [1.54, 1.807) is 30.3 Å². The number of anilines is 2. The summed E-state index contributed by atoms with van der Waals surface area (Å²) in [6.45, 7) is 0. The van der Waals surface area contributed by atoms with E-state index in [0.717, 1.165) is 0 Å². The number of ketones is 1. The minimum atomic E-state index is -0.692. The molecule has 2 heterocycles. The van der Waals surface area contributed by atoms with Gasteiger partial charge in [-0.1, -0.05) is 30.3 Å². The van der Waals surface area contributed by atoms with Crippen molar-refractivity contribution in [3.8, 4) is 0 Å². The lowest BCUT2D eigenvalue weighted by Crippen LogP contribution is -2.24. The van der Waals surface area contributed by atoms with Crippen LogP contribution >= 0.6 is 0 Å². The second-order valence-electron chi connectivity index (χ2n) is 4.92. The molecule has 108 valence electrons. The van der Waals surface area contributed by atoms with E-state index in [1.165, 1.54) is 17.4 Å². The van der Waals surface area contributed by atoms with Crippen molar-refractivity contribution in [1.29, 1.82) is 0 Å². The highest BCUT2D eigenvalue weighted by molar-refractivity contribution is 6.54. The average molecular weight is 293 g/mol. The minimum Gasteiger partial charge on any atom is -0.455 e. The molecule has 22 heavy (non-hydrogen) atoms. The highest BCUT2D eigenvalue weighted by Crippen LogP contribution is 2.40. The molecule has 0 fully saturated rings. The van der Waals surface area contributed by atoms with Crippen LogP contribution in [0.15, 0.2) is 61.1 Å². The predicted molar refractivity (Wildman–Crippen MR) is 78.4 cm³/mol. The van der Waals surface area contributed by atoms with Crippen molar-refractivity contribution in [2.75, 3.05) is 4.90 Å². The summed E-state index contributed by atoms with van der Waals surface area (Å²) in [5.74, 6) is -1.12. The normalized spacial score (nSPS) is 16.6. The van der Waals surface area contributed by atoms with Gasteiger partial charge in [0, 0.05) is 11.3 Å². The molecule has 4 rings (SSSR count). The number of carbonyl (C=O) groups excluding carboxylic acids is 2. The number of hydrogen-bond acceptors (Lipinski definition) is 4. The van der Waals surface area contributed by atoms with Crippen molar-refractivity contribution in [3.05, 3.63) is 72.2 Å². The number of ether oxygens (including phenoxy) is 2. The molecule has 0 N–H and O–H groups in total. The first kappa shape index (κ1) is 12.6. The van der Waals surface area contributed by atoms with Crippen LogP contribution in [0, 0.1) is 0 Å². The number of amides is 1. The fourth-order valence-electron chi connectivity index (χ4n) is 2.72. The third kappa shape index (κ3) is 1.72. The van der Waals surface area contributed by atoms with E-state index in [9.17, 15) is 9.59 Å². The maximum Gasteiger partial charge on any atom is 0.304 e. The lowest BCUT2D eigenvalue weighted by atomic mass is 10.0. The largest absolute Gasteiger partial charge is 0.455 e. The molecule has 0 aromatic heterocycles. The summed E-state index contributed by atoms with van der Waals surface area (Å²) < 4.78 is 10.6. The highest BCUT2D eigenvalue weighted by Gasteiger charge is 2.40. The Labute approximate surface area is 126 Å². The zero-order chi connectivity index (χ0) is 15.1. The van der Waals surface area contributed by atoms with Crippen LogP contribution in [-0.2, 0) is 14.3 Å². The van der Waals surface area contributed by atoms with Gasteiger partial charge < -0.3 is 9.47 Å². The molecule has 0 saturated heterocycles. The zero-order valence-electron chi connectivity index (χ0n) is 11.4. The summed E-state index contributed by atoms with van der Waals surface area (Å²) in [4.78, 5) is 26.3. The van der Waals surface area contributed by atoms with E-state index in [0.29, 0.717) is 22.5 Å². The zero-order valence-corrected chi connectivity index (χ0v) is 11.4. The third-order valence-corrected chi connectivity index (χ3v) is 3.67. The van der Waals surface area contributed by atoms with Crippen molar-refractivity contribution in [2.24, 2.45) is 0 Å². The molecule has 0 spiro atoms. The standard InChI is InChI=1S/C17H11NO4/c19-15-14-12(17-21-9-10-22-17)7-4-8-13(14)18(16(15)20)11-5-2-1-3-6-11/h1-10,17H. The van der Waals surface area contributed by atoms with Crippen LogP contribution in [0.3, 0.4) is 0 Å². The van der Waals surface area contributed by atoms with E-state index < -0.39 is 18.0 Å². The fourth-order valence-corrected chi connectivity index (χ4v) is 2.72. The fraction of sp³-hybridized carbons (Fsp3) is 0.0588. The first-order valence-electron chi connectivity index (χ1n) is 6.80. The first-order chi connectivity index (χ1) is 10.8. The lowest BCUT2D eigenvalue weighted by molar-refractivity contribution is -0.113. The monoisotopic (exact) mass is 293 g/mol. The first-order valence-corrected chi connectivity index (χ1v) is 6.80. The molecule has 5 heteroatoms. The van der Waals surface area contributed by atoms with E-state index in [-0.39, 0.29) is 0 Å². The van der Waals surface area contributed by atoms with Crippen molar-refractivity contribution in [2.45, 2.75) is 6.29 Å². The summed E-state index contributed by atoms with van der Waals surface area (Å²) in [5.41, 5.74) is 2.10. The topological polar surface area (TPSA) is 55.8 Å². The molecule has 5 nitrogen and oxygen atoms in total. The molecule has 2 aliphatic rings. The second kappa shape index (κ2) is 4.73. The van der Waals surface area contributed by atoms with Gasteiger partial charge in [0.25, 0.3) is 12.1 Å². The molecular formula is C17H11NO4. The van der Waals surface area contributed by atoms with Gasteiger partial charge >= 0.3 is 5.91 Å². The highest BCUT2D eigenvalue weighted by atomic mass is 16.7. The van der Waals surface area contributed by atoms with Crippen LogP contribution in [0.1, 0.15) is 22.2 Å². The van der Waals surface area contributed by atoms with E-state index in [2.05, 4.69) is 0 Å². The summed E-state index contributed by atoms with van der Waals surface area (Å²) in [7, 11) is 0. The predicted octanol–water partition coefficient (Wildman–Crippen LogP) is 3.06. The van der Waals surface area contributed by atoms with E-state index in [4.69, 9.17) is 9.47 Å². The third-order valence-electron chi connectivity index (χ3n) is 3.67. The number of fused-ring (bicyclic) bond motifs is 1. The van der Waals surface area contributed by atoms with Gasteiger partial charge in [-0.15, -0.1) is 0 Å². The maximum absolute atomic E-state index is 12.4. The van der Waals surface area contributed by atoms with Gasteiger partial charge in [-0.05, 0) is 18.2 Å². The van der Waals surface area contributed by atoms with Crippen LogP contribution in [0.25, 0.3) is 0 Å². The number of benzene rings is 2. The van der Waals surface area contributed by atoms with Gasteiger partial charge in [0.15, 0.2) is 0 Å². The molecule has 0 radical (unpaired) electrons. The van der Waals surface area contributed by atoms with Gasteiger partial charge in [0.2, 0.25) is 0 Å². The van der Waals surface area contributed by atoms with Crippen molar-refractivity contribution < 1.29 is 19.1 Å². The Morgan fingerprint density at radius 1 is 0.864 bits per heavy atom. The smallest absolute Gasteiger partial charge is 0.304 e. The summed E-state index contributed by atoms with van der Waals surface area (Å²) in [5, 5.41) is 0. The molecule has 1 amide bonds. The van der Waals surface area contributed by atoms with Gasteiger partial charge in [-0.2, -0.15) is 0 Å². The van der Waals surface area contributed by atoms with Crippen LogP contribution in [-0.4, -0.2) is 11.7 Å². The van der Waals surface area contributed by atoms with Crippen molar-refractivity contribution in [3.63, 3.8) is 0 Å². The number of Topliss-reactive ketones (excluding diaryl/α,β-unsaturated/α-hetero) is 1. The summed E-state index contributed by atoms with van der Waals surface area (Å²) >= 11 is 0. The Kier molecular flexibility index (Phi) is 2.72. The molecule has 2 aliphatic heterocycles. The molecule has 2 aromatic rings. The Balaban J connectivity index is 1.87. The molecule has 0 saturated carbocycles. The number of nitrogens with zero attached hydrogens (tertiary/aromatic N) is 1. The number of carbonyl (C=O) groups is 2. The van der Waals surface area contributed by atoms with E-state index in [1.807, 2.05) is 18.2 Å². The van der Waals surface area contributed by atoms with Crippen LogP contribution in [0.5, 0.6) is 0 Å². The Bertz CT molecular complexity index is 790. The molecule has 0 aliphatic carbocycles. The van der Waals surface area contributed by atoms with Crippen LogP contribution in [0.2, 0.25) is 0 Å². The number of rotatable bonds is 2. The van der Waals surface area contributed by atoms with Crippen molar-refractivity contribution in [1.82, 2.24) is 0 Å². The molecule has 0 unspecified atom stereocenters. The Morgan fingerprint density at radius 3 is 2.32 bits per heavy atom. The van der Waals surface area contributed by atoms with Crippen molar-refractivity contribution >= 4 is 23.1 Å². The molecule has 2 aromatic carbocycles. The minimum absolute atomic E-state index is 0.338. The SMILES string of the molecule is O=C1C(=O)N(c2ccccc2)c2cccc(C3OC=CO3)c21. The Hall–Kier alpha value is -3.08. The van der Waals surface area contributed by atoms with Crippen LogP contribution < -0.4 is 4.90 Å². The van der Waals surface area contributed by atoms with Gasteiger partial charge in [0.1, 0.15) is 12.5 Å². The van der Waals surface area contributed by atoms with Gasteiger partial charge in [-0.25, -0.2) is 0 Å². The number of para-hydroxylation sites is 1. The summed E-state index contributed by atoms with van der Waals surface area (Å²) in [6, 6.07) is 14.3. The van der Waals surface area contributed by atoms with Crippen LogP contribution in [0.4, 0.5) is 11.4 Å². The maximum atomic E-state index is 12.4. The second-order valence-corrected chi connectivity index (χ2v) is 4.92. The average Bonchev–Trinajstić information content (AvgIpc) is 3.17. The number of hydrogen-bond donors (Lipinski definition) is 0. The van der Waals surface area contributed by atoms with E-state index >= 15 is 0 Å². The molecule has 0 bridgehead atoms. The van der Waals surface area contributed by atoms with Gasteiger partial charge in [-0.3, -0.25) is 14.5 Å². The lowest BCUT2D eigenvalue weighted by Gasteiger charge is -2.18. The summed E-state index contributed by atoms with van der Waals surface area (Å²) in [6.07, 6.45) is 2.14.